The van der Waals surface area contributed by atoms with E-state index in [-0.39, 0.29) is 11.8 Å². The lowest BCUT2D eigenvalue weighted by Crippen LogP contribution is -2.46. The summed E-state index contributed by atoms with van der Waals surface area (Å²) in [6.45, 7) is 8.85. The molecule has 0 bridgehead atoms. The number of nitrogens with one attached hydrogen (secondary N) is 2. The summed E-state index contributed by atoms with van der Waals surface area (Å²) in [4.78, 5) is 29.2. The topological polar surface area (TPSA) is 73.8 Å². The highest BCUT2D eigenvalue weighted by atomic mass is 16.2. The van der Waals surface area contributed by atoms with Crippen LogP contribution < -0.4 is 10.6 Å². The second-order valence-electron chi connectivity index (χ2n) is 5.66. The molecule has 2 N–H and O–H groups in total. The number of hydrogen-bond donors (Lipinski definition) is 2. The first-order valence-electron chi connectivity index (χ1n) is 7.90. The molecule has 21 heavy (non-hydrogen) atoms. The highest BCUT2D eigenvalue weighted by Gasteiger charge is 2.25. The predicted octanol–water partition coefficient (Wildman–Crippen LogP) is 1.13. The van der Waals surface area contributed by atoms with Gasteiger partial charge in [-0.1, -0.05) is 13.8 Å². The first kappa shape index (κ1) is 17.5. The van der Waals surface area contributed by atoms with Crippen molar-refractivity contribution in [3.05, 3.63) is 0 Å². The van der Waals surface area contributed by atoms with Gasteiger partial charge in [-0.25, -0.2) is 0 Å². The van der Waals surface area contributed by atoms with Crippen LogP contribution in [0.5, 0.6) is 0 Å². The van der Waals surface area contributed by atoms with Gasteiger partial charge in [-0.2, -0.15) is 0 Å². The third kappa shape index (κ3) is 6.60. The van der Waals surface area contributed by atoms with Gasteiger partial charge >= 0.3 is 0 Å². The normalized spacial score (nSPS) is 16.6. The minimum absolute atomic E-state index is 0.0604. The van der Waals surface area contributed by atoms with E-state index in [1.807, 2.05) is 6.92 Å². The van der Waals surface area contributed by atoms with Gasteiger partial charge in [-0.15, -0.1) is 0 Å². The van der Waals surface area contributed by atoms with Crippen LogP contribution >= 0.6 is 0 Å². The fraction of sp³-hybridized carbons (Fsp3) is 0.800. The Balaban J connectivity index is 2.38. The highest BCUT2D eigenvalue weighted by Crippen LogP contribution is 2.11. The van der Waals surface area contributed by atoms with Crippen LogP contribution in [0.3, 0.4) is 0 Å². The first-order chi connectivity index (χ1) is 10.0. The number of piperidine rings is 1. The van der Waals surface area contributed by atoms with Gasteiger partial charge in [-0.3, -0.25) is 19.5 Å². The lowest BCUT2D eigenvalue weighted by molar-refractivity contribution is -0.147. The molecule has 0 saturated carbocycles. The van der Waals surface area contributed by atoms with Crippen LogP contribution in [0.15, 0.2) is 4.99 Å². The molecule has 0 spiro atoms. The lowest BCUT2D eigenvalue weighted by Gasteiger charge is -2.25. The van der Waals surface area contributed by atoms with Gasteiger partial charge in [0, 0.05) is 39.0 Å². The Bertz CT molecular complexity index is 364. The summed E-state index contributed by atoms with van der Waals surface area (Å²) in [7, 11) is 0. The Kier molecular flexibility index (Phi) is 7.79. The number of hydrogen-bond acceptors (Lipinski definition) is 3. The van der Waals surface area contributed by atoms with Gasteiger partial charge in [0.1, 0.15) is 0 Å². The molecule has 1 aliphatic rings. The van der Waals surface area contributed by atoms with E-state index < -0.39 is 0 Å². The molecule has 120 valence electrons. The van der Waals surface area contributed by atoms with Crippen molar-refractivity contribution in [2.75, 3.05) is 26.2 Å². The average Bonchev–Trinajstić information content (AvgIpc) is 2.41. The van der Waals surface area contributed by atoms with Crippen molar-refractivity contribution >= 4 is 17.8 Å². The van der Waals surface area contributed by atoms with E-state index >= 15 is 0 Å². The molecule has 6 nitrogen and oxygen atoms in total. The van der Waals surface area contributed by atoms with E-state index in [2.05, 4.69) is 29.5 Å². The minimum atomic E-state index is -0.0604. The number of rotatable bonds is 7. The fourth-order valence-corrected chi connectivity index (χ4v) is 2.11. The second kappa shape index (κ2) is 9.37. The summed E-state index contributed by atoms with van der Waals surface area (Å²) >= 11 is 0. The molecule has 0 aromatic carbocycles. The van der Waals surface area contributed by atoms with Crippen LogP contribution in [0.4, 0.5) is 0 Å². The fourth-order valence-electron chi connectivity index (χ4n) is 2.11. The van der Waals surface area contributed by atoms with Crippen LogP contribution in [0.2, 0.25) is 0 Å². The molecule has 0 radical (unpaired) electrons. The molecular formula is C15H28N4O2. The number of guanidine groups is 1. The predicted molar refractivity (Wildman–Crippen MR) is 84.0 cm³/mol. The molecule has 1 rings (SSSR count). The SMILES string of the molecule is CCNC(=NCCC(C)C)NCCN1C(=O)CCCC1=O. The highest BCUT2D eigenvalue weighted by molar-refractivity contribution is 5.97. The third-order valence-corrected chi connectivity index (χ3v) is 3.33. The van der Waals surface area contributed by atoms with Gasteiger partial charge in [0.2, 0.25) is 11.8 Å². The maximum Gasteiger partial charge on any atom is 0.229 e. The summed E-state index contributed by atoms with van der Waals surface area (Å²) < 4.78 is 0. The molecule has 0 aromatic rings. The van der Waals surface area contributed by atoms with Crippen molar-refractivity contribution in [3.8, 4) is 0 Å². The Labute approximate surface area is 127 Å². The van der Waals surface area contributed by atoms with Crippen molar-refractivity contribution in [3.63, 3.8) is 0 Å². The van der Waals surface area contributed by atoms with Crippen molar-refractivity contribution in [2.45, 2.75) is 46.5 Å². The Hall–Kier alpha value is -1.59. The molecule has 1 fully saturated rings. The quantitative estimate of drug-likeness (QED) is 0.419. The van der Waals surface area contributed by atoms with E-state index in [0.29, 0.717) is 38.3 Å². The number of carbonyl (C=O) groups is 2. The van der Waals surface area contributed by atoms with Crippen LogP contribution in [-0.2, 0) is 9.59 Å². The first-order valence-corrected chi connectivity index (χ1v) is 7.90. The Morgan fingerprint density at radius 1 is 1.24 bits per heavy atom. The van der Waals surface area contributed by atoms with Gasteiger partial charge in [0.05, 0.1) is 0 Å². The zero-order valence-electron chi connectivity index (χ0n) is 13.4. The van der Waals surface area contributed by atoms with E-state index in [1.165, 1.54) is 4.90 Å². The summed E-state index contributed by atoms with van der Waals surface area (Å²) in [5.41, 5.74) is 0. The van der Waals surface area contributed by atoms with Crippen LogP contribution in [0, 0.1) is 5.92 Å². The van der Waals surface area contributed by atoms with E-state index in [1.54, 1.807) is 0 Å². The van der Waals surface area contributed by atoms with Gasteiger partial charge in [0.25, 0.3) is 0 Å². The standard InChI is InChI=1S/C15H28N4O2/c1-4-16-15(17-9-8-12(2)3)18-10-11-19-13(20)6-5-7-14(19)21/h12H,4-11H2,1-3H3,(H2,16,17,18). The molecule has 2 amide bonds. The molecule has 1 saturated heterocycles. The van der Waals surface area contributed by atoms with Crippen LogP contribution in [0.1, 0.15) is 46.5 Å². The molecule has 1 heterocycles. The Morgan fingerprint density at radius 3 is 2.48 bits per heavy atom. The third-order valence-electron chi connectivity index (χ3n) is 3.33. The summed E-state index contributed by atoms with van der Waals surface area (Å²) in [5.74, 6) is 1.25. The van der Waals surface area contributed by atoms with Gasteiger partial charge in [0.15, 0.2) is 5.96 Å². The van der Waals surface area contributed by atoms with Gasteiger partial charge in [-0.05, 0) is 25.7 Å². The monoisotopic (exact) mass is 296 g/mol. The molecule has 0 aromatic heterocycles. The molecular weight excluding hydrogens is 268 g/mol. The molecule has 6 heteroatoms. The number of nitrogens with zero attached hydrogens (tertiary/aromatic N) is 2. The summed E-state index contributed by atoms with van der Waals surface area (Å²) in [5, 5.41) is 6.34. The van der Waals surface area contributed by atoms with Crippen LogP contribution in [0.25, 0.3) is 0 Å². The number of amides is 2. The van der Waals surface area contributed by atoms with Crippen LogP contribution in [-0.4, -0.2) is 48.9 Å². The number of aliphatic imine (C=N–C) groups is 1. The number of likely N-dealkylation sites (tertiary alicyclic amines) is 1. The molecule has 0 aliphatic carbocycles. The second-order valence-corrected chi connectivity index (χ2v) is 5.66. The molecule has 0 atom stereocenters. The van der Waals surface area contributed by atoms with E-state index in [4.69, 9.17) is 0 Å². The molecule has 1 aliphatic heterocycles. The largest absolute Gasteiger partial charge is 0.357 e. The van der Waals surface area contributed by atoms with E-state index in [9.17, 15) is 9.59 Å². The maximum absolute atomic E-state index is 11.7. The average molecular weight is 296 g/mol. The lowest BCUT2D eigenvalue weighted by atomic mass is 10.1. The van der Waals surface area contributed by atoms with Crippen molar-refractivity contribution in [1.29, 1.82) is 0 Å². The number of imide groups is 1. The molecule has 0 unspecified atom stereocenters. The van der Waals surface area contributed by atoms with Crippen molar-refractivity contribution in [1.82, 2.24) is 15.5 Å². The zero-order valence-corrected chi connectivity index (χ0v) is 13.4. The van der Waals surface area contributed by atoms with Gasteiger partial charge < -0.3 is 10.6 Å². The number of carbonyl (C=O) groups excluding carboxylic acids is 2. The smallest absolute Gasteiger partial charge is 0.229 e. The van der Waals surface area contributed by atoms with Crippen molar-refractivity contribution in [2.24, 2.45) is 10.9 Å². The van der Waals surface area contributed by atoms with Crippen molar-refractivity contribution < 1.29 is 9.59 Å². The summed E-state index contributed by atoms with van der Waals surface area (Å²) in [6, 6.07) is 0. The maximum atomic E-state index is 11.7. The zero-order chi connectivity index (χ0) is 15.7. The van der Waals surface area contributed by atoms with E-state index in [0.717, 1.165) is 25.5 Å². The summed E-state index contributed by atoms with van der Waals surface area (Å²) in [6.07, 6.45) is 2.68. The minimum Gasteiger partial charge on any atom is -0.357 e. The Morgan fingerprint density at radius 2 is 1.90 bits per heavy atom.